The highest BCUT2D eigenvalue weighted by atomic mass is 19.1. The smallest absolute Gasteiger partial charge is 0.249 e. The second-order valence-corrected chi connectivity index (χ2v) is 9.84. The van der Waals surface area contributed by atoms with Gasteiger partial charge in [-0.3, -0.25) is 4.79 Å². The average molecular weight is 464 g/mol. The number of benzene rings is 2. The van der Waals surface area contributed by atoms with Gasteiger partial charge in [-0.25, -0.2) is 8.78 Å². The fraction of sp³-hybridized carbons (Fsp3) is 0.370. The Labute approximate surface area is 196 Å². The number of allylic oxidation sites excluding steroid dienone is 1. The van der Waals surface area contributed by atoms with Gasteiger partial charge in [-0.2, -0.15) is 0 Å². The Morgan fingerprint density at radius 3 is 2.74 bits per heavy atom. The van der Waals surface area contributed by atoms with Crippen molar-refractivity contribution < 1.29 is 18.3 Å². The van der Waals surface area contributed by atoms with Crippen molar-refractivity contribution >= 4 is 16.8 Å². The largest absolute Gasteiger partial charge is 0.460 e. The SMILES string of the molecule is NC(=O)c1ccc(F)c2c1CC(N[C@@H](C1CCC1)[C@@H]1CCc3[nH]c4ccc(F)cc4c3C1)=CO2. The second kappa shape index (κ2) is 8.15. The van der Waals surface area contributed by atoms with E-state index in [1.165, 1.54) is 35.9 Å². The predicted molar refractivity (Wildman–Crippen MR) is 125 cm³/mol. The van der Waals surface area contributed by atoms with Crippen LogP contribution in [0.25, 0.3) is 10.9 Å². The molecule has 7 heteroatoms. The van der Waals surface area contributed by atoms with E-state index < -0.39 is 11.7 Å². The zero-order valence-electron chi connectivity index (χ0n) is 18.8. The molecule has 1 aromatic heterocycles. The van der Waals surface area contributed by atoms with Crippen LogP contribution in [0.15, 0.2) is 42.3 Å². The topological polar surface area (TPSA) is 80.1 Å². The predicted octanol–water partition coefficient (Wildman–Crippen LogP) is 4.88. The molecule has 1 saturated carbocycles. The Kier molecular flexibility index (Phi) is 5.08. The van der Waals surface area contributed by atoms with Crippen LogP contribution in [0.1, 0.15) is 52.9 Å². The van der Waals surface area contributed by atoms with E-state index in [0.29, 0.717) is 23.8 Å². The Hall–Kier alpha value is -3.35. The Morgan fingerprint density at radius 1 is 1.12 bits per heavy atom. The Balaban J connectivity index is 1.28. The minimum Gasteiger partial charge on any atom is -0.460 e. The van der Waals surface area contributed by atoms with Gasteiger partial charge in [-0.05, 0) is 79.8 Å². The number of hydrogen-bond donors (Lipinski definition) is 3. The number of aromatic nitrogens is 1. The first-order chi connectivity index (χ1) is 16.5. The summed E-state index contributed by atoms with van der Waals surface area (Å²) in [6.07, 6.45) is 8.30. The van der Waals surface area contributed by atoms with Gasteiger partial charge in [0, 0.05) is 40.2 Å². The summed E-state index contributed by atoms with van der Waals surface area (Å²) in [5, 5.41) is 4.69. The number of H-pyrrole nitrogens is 1. The molecular formula is C27H27F2N3O2. The molecule has 2 aliphatic carbocycles. The number of aromatic amines is 1. The maximum atomic E-state index is 14.3. The number of carbonyl (C=O) groups is 1. The molecule has 0 unspecified atom stereocenters. The minimum absolute atomic E-state index is 0.0742. The summed E-state index contributed by atoms with van der Waals surface area (Å²) in [5.41, 5.74) is 10.5. The van der Waals surface area contributed by atoms with Crippen molar-refractivity contribution in [2.75, 3.05) is 0 Å². The van der Waals surface area contributed by atoms with E-state index in [1.54, 1.807) is 12.3 Å². The lowest BCUT2D eigenvalue weighted by atomic mass is 9.70. The number of ether oxygens (including phenoxy) is 1. The maximum absolute atomic E-state index is 14.3. The standard InChI is InChI=1S/C27H27F2N3O2/c28-16-5-9-24-20(11-16)19-10-15(4-8-23(19)32-24)25(14-2-1-3-14)31-17-12-21-18(27(30)33)6-7-22(29)26(21)34-13-17/h5-7,9,11,13-15,25,31-32H,1-4,8,10,12H2,(H2,30,33)/t15-,25+/m1/s1. The maximum Gasteiger partial charge on any atom is 0.249 e. The van der Waals surface area contributed by atoms with Gasteiger partial charge in [0.15, 0.2) is 11.6 Å². The van der Waals surface area contributed by atoms with Gasteiger partial charge in [0.25, 0.3) is 0 Å². The summed E-state index contributed by atoms with van der Waals surface area (Å²) in [5.74, 6) is -0.319. The van der Waals surface area contributed by atoms with Crippen molar-refractivity contribution in [3.63, 3.8) is 0 Å². The van der Waals surface area contributed by atoms with Gasteiger partial charge in [-0.15, -0.1) is 0 Å². The Morgan fingerprint density at radius 2 is 1.97 bits per heavy atom. The van der Waals surface area contributed by atoms with Crippen molar-refractivity contribution in [2.24, 2.45) is 17.6 Å². The molecule has 1 fully saturated rings. The molecule has 5 nitrogen and oxygen atoms in total. The van der Waals surface area contributed by atoms with Crippen molar-refractivity contribution in [3.05, 3.63) is 76.3 Å². The van der Waals surface area contributed by atoms with E-state index in [-0.39, 0.29) is 23.2 Å². The first-order valence-corrected chi connectivity index (χ1v) is 12.0. The summed E-state index contributed by atoms with van der Waals surface area (Å²) in [6, 6.07) is 7.81. The highest BCUT2D eigenvalue weighted by Crippen LogP contribution is 2.41. The lowest BCUT2D eigenvalue weighted by Gasteiger charge is -2.42. The number of nitrogens with two attached hydrogens (primary N) is 1. The number of amides is 1. The number of primary amides is 1. The van der Waals surface area contributed by atoms with Gasteiger partial charge < -0.3 is 20.8 Å². The van der Waals surface area contributed by atoms with Gasteiger partial charge in [0.2, 0.25) is 5.91 Å². The number of carbonyl (C=O) groups excluding carboxylic acids is 1. The molecule has 6 rings (SSSR count). The highest BCUT2D eigenvalue weighted by molar-refractivity contribution is 5.95. The van der Waals surface area contributed by atoms with Crippen LogP contribution < -0.4 is 15.8 Å². The minimum atomic E-state index is -0.594. The molecule has 1 aliphatic heterocycles. The molecule has 0 bridgehead atoms. The number of halogens is 2. The van der Waals surface area contributed by atoms with Gasteiger partial charge in [-0.1, -0.05) is 6.42 Å². The summed E-state index contributed by atoms with van der Waals surface area (Å²) < 4.78 is 33.9. The molecule has 0 saturated heterocycles. The first kappa shape index (κ1) is 21.2. The van der Waals surface area contributed by atoms with E-state index in [4.69, 9.17) is 10.5 Å². The molecule has 1 amide bonds. The number of rotatable bonds is 5. The van der Waals surface area contributed by atoms with Crippen LogP contribution in [-0.4, -0.2) is 16.9 Å². The molecule has 3 aliphatic rings. The lowest BCUT2D eigenvalue weighted by Crippen LogP contribution is -2.47. The number of aryl methyl sites for hydroxylation is 1. The van der Waals surface area contributed by atoms with Crippen LogP contribution in [0.4, 0.5) is 8.78 Å². The van der Waals surface area contributed by atoms with Crippen LogP contribution in [0.5, 0.6) is 5.75 Å². The van der Waals surface area contributed by atoms with Crippen molar-refractivity contribution in [1.29, 1.82) is 0 Å². The van der Waals surface area contributed by atoms with Crippen LogP contribution in [0.3, 0.4) is 0 Å². The van der Waals surface area contributed by atoms with Crippen molar-refractivity contribution in [1.82, 2.24) is 10.3 Å². The third-order valence-electron chi connectivity index (χ3n) is 7.87. The van der Waals surface area contributed by atoms with Gasteiger partial charge >= 0.3 is 0 Å². The second-order valence-electron chi connectivity index (χ2n) is 9.84. The molecule has 4 N–H and O–H groups in total. The average Bonchev–Trinajstić information content (AvgIpc) is 3.14. The fourth-order valence-electron chi connectivity index (χ4n) is 5.94. The normalized spacial score (nSPS) is 20.5. The third kappa shape index (κ3) is 3.54. The van der Waals surface area contributed by atoms with Crippen LogP contribution in [0, 0.1) is 23.5 Å². The molecule has 0 radical (unpaired) electrons. The van der Waals surface area contributed by atoms with E-state index >= 15 is 0 Å². The molecular weight excluding hydrogens is 436 g/mol. The van der Waals surface area contributed by atoms with Crippen LogP contribution >= 0.6 is 0 Å². The number of fused-ring (bicyclic) bond motifs is 4. The first-order valence-electron chi connectivity index (χ1n) is 12.0. The summed E-state index contributed by atoms with van der Waals surface area (Å²) in [4.78, 5) is 15.4. The van der Waals surface area contributed by atoms with Crippen molar-refractivity contribution in [2.45, 2.75) is 51.0 Å². The van der Waals surface area contributed by atoms with Gasteiger partial charge in [0.05, 0.1) is 5.70 Å². The molecule has 2 aromatic carbocycles. The summed E-state index contributed by atoms with van der Waals surface area (Å²) in [6.45, 7) is 0. The zero-order valence-corrected chi connectivity index (χ0v) is 18.8. The fourth-order valence-corrected chi connectivity index (χ4v) is 5.94. The highest BCUT2D eigenvalue weighted by Gasteiger charge is 2.37. The molecule has 176 valence electrons. The Bertz CT molecular complexity index is 1330. The number of hydrogen-bond acceptors (Lipinski definition) is 3. The van der Waals surface area contributed by atoms with Gasteiger partial charge in [0.1, 0.15) is 12.1 Å². The molecule has 34 heavy (non-hydrogen) atoms. The molecule has 0 spiro atoms. The van der Waals surface area contributed by atoms with E-state index in [1.807, 2.05) is 6.07 Å². The quantitative estimate of drug-likeness (QED) is 0.504. The molecule has 3 aromatic rings. The summed E-state index contributed by atoms with van der Waals surface area (Å²) in [7, 11) is 0. The van der Waals surface area contributed by atoms with Crippen molar-refractivity contribution in [3.8, 4) is 5.75 Å². The van der Waals surface area contributed by atoms with E-state index in [2.05, 4.69) is 10.3 Å². The monoisotopic (exact) mass is 463 g/mol. The van der Waals surface area contributed by atoms with E-state index in [0.717, 1.165) is 48.7 Å². The molecule has 2 atom stereocenters. The third-order valence-corrected chi connectivity index (χ3v) is 7.87. The summed E-state index contributed by atoms with van der Waals surface area (Å²) >= 11 is 0. The molecule has 2 heterocycles. The van der Waals surface area contributed by atoms with Crippen LogP contribution in [0.2, 0.25) is 0 Å². The number of nitrogens with one attached hydrogen (secondary N) is 2. The lowest BCUT2D eigenvalue weighted by molar-refractivity contribution is 0.0998. The van der Waals surface area contributed by atoms with Crippen LogP contribution in [-0.2, 0) is 19.3 Å². The zero-order chi connectivity index (χ0) is 23.4. The van der Waals surface area contributed by atoms with E-state index in [9.17, 15) is 13.6 Å².